The number of nitrogen functional groups attached to an aromatic ring is 1. The van der Waals surface area contributed by atoms with Crippen LogP contribution in [0, 0.1) is 0 Å². The van der Waals surface area contributed by atoms with E-state index in [0.29, 0.717) is 17.4 Å². The number of anilines is 2. The molecule has 0 bridgehead atoms. The number of pyridine rings is 2. The fourth-order valence-corrected chi connectivity index (χ4v) is 3.80. The molecule has 6 heteroatoms. The van der Waals surface area contributed by atoms with Gasteiger partial charge in [0.1, 0.15) is 18.0 Å². The average Bonchev–Trinajstić information content (AvgIpc) is 2.68. The van der Waals surface area contributed by atoms with Crippen LogP contribution in [0.2, 0.25) is 0 Å². The largest absolute Gasteiger partial charge is 0.383 e. The zero-order valence-electron chi connectivity index (χ0n) is 15.3. The third-order valence-corrected chi connectivity index (χ3v) is 5.21. The Morgan fingerprint density at radius 2 is 1.85 bits per heavy atom. The monoisotopic (exact) mass is 348 g/mol. The van der Waals surface area contributed by atoms with Gasteiger partial charge in [0.25, 0.3) is 0 Å². The van der Waals surface area contributed by atoms with Gasteiger partial charge < -0.3 is 10.6 Å². The molecule has 0 aromatic carbocycles. The highest BCUT2D eigenvalue weighted by atomic mass is 15.1. The Kier molecular flexibility index (Phi) is 4.41. The minimum Gasteiger partial charge on any atom is -0.383 e. The summed E-state index contributed by atoms with van der Waals surface area (Å²) in [4.78, 5) is 19.9. The Morgan fingerprint density at radius 1 is 1.04 bits per heavy atom. The Hall–Kier alpha value is -2.76. The first-order valence-electron chi connectivity index (χ1n) is 9.18. The summed E-state index contributed by atoms with van der Waals surface area (Å²) in [6.45, 7) is 0. The minimum absolute atomic E-state index is 0.496. The van der Waals surface area contributed by atoms with Crippen LogP contribution in [0.1, 0.15) is 43.6 Å². The molecule has 2 N–H and O–H groups in total. The van der Waals surface area contributed by atoms with Crippen molar-refractivity contribution in [3.63, 3.8) is 0 Å². The van der Waals surface area contributed by atoms with Gasteiger partial charge in [-0.3, -0.25) is 0 Å². The maximum atomic E-state index is 6.20. The zero-order valence-corrected chi connectivity index (χ0v) is 15.3. The second-order valence-electron chi connectivity index (χ2n) is 7.19. The molecule has 0 spiro atoms. The van der Waals surface area contributed by atoms with Crippen molar-refractivity contribution in [3.8, 4) is 11.3 Å². The van der Waals surface area contributed by atoms with E-state index in [9.17, 15) is 0 Å². The van der Waals surface area contributed by atoms with Crippen molar-refractivity contribution in [2.75, 3.05) is 24.7 Å². The van der Waals surface area contributed by atoms with E-state index in [1.807, 2.05) is 31.3 Å². The zero-order chi connectivity index (χ0) is 18.1. The third-order valence-electron chi connectivity index (χ3n) is 5.21. The van der Waals surface area contributed by atoms with Crippen molar-refractivity contribution < 1.29 is 0 Å². The molecule has 0 aliphatic heterocycles. The lowest BCUT2D eigenvalue weighted by molar-refractivity contribution is 0.445. The molecule has 3 heterocycles. The van der Waals surface area contributed by atoms with Crippen LogP contribution in [0.3, 0.4) is 0 Å². The van der Waals surface area contributed by atoms with Crippen molar-refractivity contribution in [1.82, 2.24) is 19.9 Å². The van der Waals surface area contributed by atoms with E-state index >= 15 is 0 Å². The van der Waals surface area contributed by atoms with Crippen molar-refractivity contribution in [1.29, 1.82) is 0 Å². The van der Waals surface area contributed by atoms with Gasteiger partial charge in [0.05, 0.1) is 11.1 Å². The molecular weight excluding hydrogens is 324 g/mol. The lowest BCUT2D eigenvalue weighted by atomic mass is 9.82. The second-order valence-corrected chi connectivity index (χ2v) is 7.19. The molecule has 134 valence electrons. The molecule has 0 unspecified atom stereocenters. The highest BCUT2D eigenvalue weighted by Crippen LogP contribution is 2.38. The van der Waals surface area contributed by atoms with Gasteiger partial charge in [0.2, 0.25) is 0 Å². The van der Waals surface area contributed by atoms with Crippen LogP contribution in [-0.4, -0.2) is 34.0 Å². The van der Waals surface area contributed by atoms with Gasteiger partial charge in [0.15, 0.2) is 5.65 Å². The highest BCUT2D eigenvalue weighted by molar-refractivity contribution is 5.90. The maximum absolute atomic E-state index is 6.20. The Morgan fingerprint density at radius 3 is 2.54 bits per heavy atom. The molecule has 0 atom stereocenters. The summed E-state index contributed by atoms with van der Waals surface area (Å²) < 4.78 is 0. The molecule has 3 aromatic rings. The van der Waals surface area contributed by atoms with Gasteiger partial charge in [-0.1, -0.05) is 19.3 Å². The molecule has 0 amide bonds. The molecule has 3 aromatic heterocycles. The van der Waals surface area contributed by atoms with Crippen molar-refractivity contribution in [3.05, 3.63) is 36.3 Å². The molecule has 4 rings (SSSR count). The van der Waals surface area contributed by atoms with Gasteiger partial charge in [-0.2, -0.15) is 0 Å². The van der Waals surface area contributed by atoms with E-state index in [-0.39, 0.29) is 0 Å². The molecule has 0 radical (unpaired) electrons. The van der Waals surface area contributed by atoms with Gasteiger partial charge in [-0.15, -0.1) is 0 Å². The van der Waals surface area contributed by atoms with E-state index < -0.39 is 0 Å². The number of hydrogen-bond acceptors (Lipinski definition) is 6. The van der Waals surface area contributed by atoms with Gasteiger partial charge >= 0.3 is 0 Å². The number of aromatic nitrogens is 4. The Balaban J connectivity index is 1.85. The molecule has 1 aliphatic rings. The normalized spacial score (nSPS) is 15.3. The molecule has 6 nitrogen and oxygen atoms in total. The van der Waals surface area contributed by atoms with Crippen LogP contribution >= 0.6 is 0 Å². The molecule has 1 fully saturated rings. The first kappa shape index (κ1) is 16.7. The van der Waals surface area contributed by atoms with E-state index in [2.05, 4.69) is 27.1 Å². The molecular formula is C20H24N6. The van der Waals surface area contributed by atoms with Crippen molar-refractivity contribution in [2.24, 2.45) is 0 Å². The van der Waals surface area contributed by atoms with Crippen LogP contribution in [-0.2, 0) is 0 Å². The standard InChI is InChI=1S/C20H24N6/c1-26(2)17-9-8-14(11-22-17)16-10-15(13-6-4-3-5-7-13)18-19(21)23-12-24-20(18)25-16/h8-13H,3-7H2,1-2H3,(H2,21,23,24,25). The fraction of sp³-hybridized carbons (Fsp3) is 0.400. The first-order chi connectivity index (χ1) is 12.6. The summed E-state index contributed by atoms with van der Waals surface area (Å²) in [5, 5.41) is 0.918. The van der Waals surface area contributed by atoms with E-state index in [0.717, 1.165) is 22.5 Å². The first-order valence-corrected chi connectivity index (χ1v) is 9.18. The van der Waals surface area contributed by atoms with Crippen LogP contribution < -0.4 is 10.6 Å². The fourth-order valence-electron chi connectivity index (χ4n) is 3.80. The third kappa shape index (κ3) is 3.07. The summed E-state index contributed by atoms with van der Waals surface area (Å²) in [5.41, 5.74) is 10.00. The number of nitrogens with two attached hydrogens (primary N) is 1. The summed E-state index contributed by atoms with van der Waals surface area (Å²) in [5.74, 6) is 1.94. The number of nitrogens with zero attached hydrogens (tertiary/aromatic N) is 5. The van der Waals surface area contributed by atoms with Crippen LogP contribution in [0.5, 0.6) is 0 Å². The van der Waals surface area contributed by atoms with Crippen LogP contribution in [0.4, 0.5) is 11.6 Å². The lowest BCUT2D eigenvalue weighted by Crippen LogP contribution is -2.10. The van der Waals surface area contributed by atoms with E-state index in [4.69, 9.17) is 10.7 Å². The summed E-state index contributed by atoms with van der Waals surface area (Å²) in [6.07, 6.45) is 9.57. The summed E-state index contributed by atoms with van der Waals surface area (Å²) >= 11 is 0. The molecule has 1 saturated carbocycles. The average molecular weight is 348 g/mol. The van der Waals surface area contributed by atoms with Crippen LogP contribution in [0.25, 0.3) is 22.3 Å². The predicted octanol–water partition coefficient (Wildman–Crippen LogP) is 3.78. The van der Waals surface area contributed by atoms with Gasteiger partial charge in [-0.25, -0.2) is 19.9 Å². The highest BCUT2D eigenvalue weighted by Gasteiger charge is 2.21. The van der Waals surface area contributed by atoms with E-state index in [1.54, 1.807) is 0 Å². The van der Waals surface area contributed by atoms with Crippen molar-refractivity contribution >= 4 is 22.7 Å². The lowest BCUT2D eigenvalue weighted by Gasteiger charge is -2.24. The van der Waals surface area contributed by atoms with E-state index in [1.165, 1.54) is 44.0 Å². The molecule has 26 heavy (non-hydrogen) atoms. The smallest absolute Gasteiger partial charge is 0.165 e. The number of fused-ring (bicyclic) bond motifs is 1. The maximum Gasteiger partial charge on any atom is 0.165 e. The topological polar surface area (TPSA) is 80.8 Å². The second kappa shape index (κ2) is 6.86. The van der Waals surface area contributed by atoms with Gasteiger partial charge in [0, 0.05) is 25.9 Å². The predicted molar refractivity (Wildman–Crippen MR) is 105 cm³/mol. The Labute approximate surface area is 153 Å². The number of rotatable bonds is 3. The Bertz CT molecular complexity index is 913. The summed E-state index contributed by atoms with van der Waals surface area (Å²) in [6, 6.07) is 6.24. The van der Waals surface area contributed by atoms with Crippen LogP contribution in [0.15, 0.2) is 30.7 Å². The summed E-state index contributed by atoms with van der Waals surface area (Å²) in [7, 11) is 3.97. The van der Waals surface area contributed by atoms with Crippen molar-refractivity contribution in [2.45, 2.75) is 38.0 Å². The quantitative estimate of drug-likeness (QED) is 0.776. The molecule has 0 saturated heterocycles. The molecule has 1 aliphatic carbocycles. The minimum atomic E-state index is 0.496. The van der Waals surface area contributed by atoms with Gasteiger partial charge in [-0.05, 0) is 42.5 Å². The number of hydrogen-bond donors (Lipinski definition) is 1. The SMILES string of the molecule is CN(C)c1ccc(-c2cc(C3CCCCC3)c3c(N)ncnc3n2)cn1.